The topological polar surface area (TPSA) is 41.1 Å². The third-order valence-electron chi connectivity index (χ3n) is 2.64. The average Bonchev–Trinajstić information content (AvgIpc) is 2.34. The molecule has 1 amide bonds. The highest BCUT2D eigenvalue weighted by atomic mass is 79.9. The fourth-order valence-corrected chi connectivity index (χ4v) is 3.05. The van der Waals surface area contributed by atoms with Crippen molar-refractivity contribution in [3.8, 4) is 0 Å². The largest absolute Gasteiger partial charge is 0.324 e. The minimum absolute atomic E-state index is 0.156. The summed E-state index contributed by atoms with van der Waals surface area (Å²) in [5.41, 5.74) is 0.228. The highest BCUT2D eigenvalue weighted by Crippen LogP contribution is 2.20. The predicted molar refractivity (Wildman–Crippen MR) is 76.5 cm³/mol. The molecule has 0 saturated carbocycles. The van der Waals surface area contributed by atoms with E-state index in [9.17, 15) is 9.18 Å². The Bertz CT molecular complexity index is 438. The van der Waals surface area contributed by atoms with Gasteiger partial charge in [0.05, 0.1) is 5.69 Å². The van der Waals surface area contributed by atoms with Crippen LogP contribution in [0.4, 0.5) is 10.1 Å². The van der Waals surface area contributed by atoms with Crippen LogP contribution in [-0.4, -0.2) is 30.0 Å². The third-order valence-corrected chi connectivity index (χ3v) is 4.26. The van der Waals surface area contributed by atoms with Crippen LogP contribution >= 0.6 is 27.7 Å². The number of hydrogen-bond donors (Lipinski definition) is 2. The van der Waals surface area contributed by atoms with E-state index in [-0.39, 0.29) is 17.6 Å². The molecule has 2 N–H and O–H groups in total. The van der Waals surface area contributed by atoms with Gasteiger partial charge in [-0.25, -0.2) is 4.39 Å². The smallest absolute Gasteiger partial charge is 0.226 e. The summed E-state index contributed by atoms with van der Waals surface area (Å²) in [5, 5.41) is 5.88. The molecule has 6 heteroatoms. The van der Waals surface area contributed by atoms with Gasteiger partial charge in [-0.3, -0.25) is 4.79 Å². The third kappa shape index (κ3) is 3.96. The number of thioether (sulfide) groups is 1. The van der Waals surface area contributed by atoms with Gasteiger partial charge in [0, 0.05) is 35.0 Å². The highest BCUT2D eigenvalue weighted by Gasteiger charge is 2.17. The van der Waals surface area contributed by atoms with Crippen molar-refractivity contribution in [3.05, 3.63) is 28.5 Å². The molecule has 1 aliphatic rings. The lowest BCUT2D eigenvalue weighted by Crippen LogP contribution is -2.39. The summed E-state index contributed by atoms with van der Waals surface area (Å²) < 4.78 is 14.2. The number of benzene rings is 1. The number of anilines is 1. The van der Waals surface area contributed by atoms with Crippen molar-refractivity contribution in [1.82, 2.24) is 5.32 Å². The summed E-state index contributed by atoms with van der Waals surface area (Å²) in [4.78, 5) is 11.8. The van der Waals surface area contributed by atoms with E-state index in [0.29, 0.717) is 10.9 Å². The molecule has 1 saturated heterocycles. The molecule has 1 unspecified atom stereocenters. The van der Waals surface area contributed by atoms with Gasteiger partial charge in [-0.1, -0.05) is 15.9 Å². The first-order valence-electron chi connectivity index (χ1n) is 5.71. The maximum absolute atomic E-state index is 13.5. The maximum atomic E-state index is 13.5. The van der Waals surface area contributed by atoms with E-state index in [2.05, 4.69) is 26.6 Å². The van der Waals surface area contributed by atoms with E-state index in [1.807, 2.05) is 11.8 Å². The second-order valence-corrected chi connectivity index (χ2v) is 6.17. The number of carbonyl (C=O) groups excluding carboxylic acids is 1. The summed E-state index contributed by atoms with van der Waals surface area (Å²) in [6, 6.07) is 4.78. The van der Waals surface area contributed by atoms with Crippen LogP contribution < -0.4 is 10.6 Å². The van der Waals surface area contributed by atoms with E-state index >= 15 is 0 Å². The Hall–Kier alpha value is -0.590. The predicted octanol–water partition coefficient (Wildman–Crippen LogP) is 2.62. The Kier molecular flexibility index (Phi) is 5.03. The molecule has 1 aromatic rings. The standard InChI is InChI=1S/C12H14BrFN2OS/c13-8-1-2-11(10(14)5-8)16-12(17)6-9-7-18-4-3-15-9/h1-2,5,9,15H,3-4,6-7H2,(H,16,17). The first kappa shape index (κ1) is 13.8. The van der Waals surface area contributed by atoms with Crippen LogP contribution in [0.1, 0.15) is 6.42 Å². The van der Waals surface area contributed by atoms with Crippen LogP contribution in [0.5, 0.6) is 0 Å². The number of nitrogens with one attached hydrogen (secondary N) is 2. The van der Waals surface area contributed by atoms with Crippen molar-refractivity contribution in [3.63, 3.8) is 0 Å². The van der Waals surface area contributed by atoms with Crippen molar-refractivity contribution in [2.75, 3.05) is 23.4 Å². The highest BCUT2D eigenvalue weighted by molar-refractivity contribution is 9.10. The van der Waals surface area contributed by atoms with Crippen LogP contribution in [0.25, 0.3) is 0 Å². The Morgan fingerprint density at radius 3 is 3.11 bits per heavy atom. The minimum atomic E-state index is -0.427. The molecule has 0 spiro atoms. The van der Waals surface area contributed by atoms with Gasteiger partial charge in [-0.15, -0.1) is 0 Å². The minimum Gasteiger partial charge on any atom is -0.324 e. The zero-order valence-electron chi connectivity index (χ0n) is 9.71. The molecule has 18 heavy (non-hydrogen) atoms. The first-order chi connectivity index (χ1) is 8.65. The molecule has 1 fully saturated rings. The normalized spacial score (nSPS) is 19.6. The van der Waals surface area contributed by atoms with Gasteiger partial charge in [0.2, 0.25) is 5.91 Å². The van der Waals surface area contributed by atoms with Gasteiger partial charge in [0.1, 0.15) is 5.82 Å². The van der Waals surface area contributed by atoms with Crippen LogP contribution in [0.15, 0.2) is 22.7 Å². The number of carbonyl (C=O) groups is 1. The molecule has 1 aliphatic heterocycles. The molecule has 0 bridgehead atoms. The monoisotopic (exact) mass is 332 g/mol. The molecule has 1 heterocycles. The summed E-state index contributed by atoms with van der Waals surface area (Å²) in [5.74, 6) is 1.43. The first-order valence-corrected chi connectivity index (χ1v) is 7.66. The second kappa shape index (κ2) is 6.54. The maximum Gasteiger partial charge on any atom is 0.226 e. The van der Waals surface area contributed by atoms with E-state index in [1.165, 1.54) is 6.07 Å². The van der Waals surface area contributed by atoms with E-state index in [1.54, 1.807) is 12.1 Å². The Morgan fingerprint density at radius 2 is 2.44 bits per heavy atom. The molecular weight excluding hydrogens is 319 g/mol. The molecule has 98 valence electrons. The van der Waals surface area contributed by atoms with Crippen molar-refractivity contribution in [1.29, 1.82) is 0 Å². The summed E-state index contributed by atoms with van der Waals surface area (Å²) >= 11 is 5.01. The number of rotatable bonds is 3. The van der Waals surface area contributed by atoms with Gasteiger partial charge in [0.15, 0.2) is 0 Å². The van der Waals surface area contributed by atoms with Gasteiger partial charge >= 0.3 is 0 Å². The average molecular weight is 333 g/mol. The lowest BCUT2D eigenvalue weighted by molar-refractivity contribution is -0.116. The van der Waals surface area contributed by atoms with Crippen molar-refractivity contribution in [2.45, 2.75) is 12.5 Å². The van der Waals surface area contributed by atoms with Crippen molar-refractivity contribution >= 4 is 39.3 Å². The van der Waals surface area contributed by atoms with E-state index < -0.39 is 5.82 Å². The van der Waals surface area contributed by atoms with Gasteiger partial charge in [0.25, 0.3) is 0 Å². The molecule has 1 aromatic carbocycles. The van der Waals surface area contributed by atoms with Crippen LogP contribution in [0.2, 0.25) is 0 Å². The summed E-state index contributed by atoms with van der Waals surface area (Å²) in [7, 11) is 0. The summed E-state index contributed by atoms with van der Waals surface area (Å²) in [6.07, 6.45) is 0.377. The molecule has 0 aliphatic carbocycles. The lowest BCUT2D eigenvalue weighted by Gasteiger charge is -2.22. The fraction of sp³-hybridized carbons (Fsp3) is 0.417. The Balaban J connectivity index is 1.90. The quantitative estimate of drug-likeness (QED) is 0.894. The van der Waals surface area contributed by atoms with Crippen LogP contribution in [0, 0.1) is 5.82 Å². The molecule has 2 rings (SSSR count). The van der Waals surface area contributed by atoms with Gasteiger partial charge < -0.3 is 10.6 Å². The molecule has 0 radical (unpaired) electrons. The molecule has 1 atom stereocenters. The van der Waals surface area contributed by atoms with Crippen molar-refractivity contribution < 1.29 is 9.18 Å². The molecule has 3 nitrogen and oxygen atoms in total. The van der Waals surface area contributed by atoms with E-state index in [0.717, 1.165) is 18.1 Å². The van der Waals surface area contributed by atoms with Gasteiger partial charge in [-0.2, -0.15) is 11.8 Å². The van der Waals surface area contributed by atoms with Crippen LogP contribution in [0.3, 0.4) is 0 Å². The zero-order chi connectivity index (χ0) is 13.0. The Morgan fingerprint density at radius 1 is 1.61 bits per heavy atom. The number of hydrogen-bond acceptors (Lipinski definition) is 3. The zero-order valence-corrected chi connectivity index (χ0v) is 12.1. The lowest BCUT2D eigenvalue weighted by atomic mass is 10.2. The second-order valence-electron chi connectivity index (χ2n) is 4.10. The SMILES string of the molecule is O=C(CC1CSCCN1)Nc1ccc(Br)cc1F. The molecular formula is C12H14BrFN2OS. The molecule has 0 aromatic heterocycles. The fourth-order valence-electron chi connectivity index (χ4n) is 1.77. The van der Waals surface area contributed by atoms with Gasteiger partial charge in [-0.05, 0) is 18.2 Å². The number of amides is 1. The Labute approximate surface area is 118 Å². The summed E-state index contributed by atoms with van der Waals surface area (Å²) in [6.45, 7) is 0.926. The van der Waals surface area contributed by atoms with Crippen molar-refractivity contribution in [2.24, 2.45) is 0 Å². The van der Waals surface area contributed by atoms with E-state index in [4.69, 9.17) is 0 Å². The number of halogens is 2. The van der Waals surface area contributed by atoms with Crippen LogP contribution in [-0.2, 0) is 4.79 Å².